The summed E-state index contributed by atoms with van der Waals surface area (Å²) in [6.07, 6.45) is 1.27. The highest BCUT2D eigenvalue weighted by molar-refractivity contribution is 5.87. The molecule has 25 heavy (non-hydrogen) atoms. The summed E-state index contributed by atoms with van der Waals surface area (Å²) in [5, 5.41) is 4.11. The molecule has 0 radical (unpaired) electrons. The lowest BCUT2D eigenvalue weighted by Gasteiger charge is -2.16. The Kier molecular flexibility index (Phi) is 5.16. The van der Waals surface area contributed by atoms with E-state index in [1.807, 2.05) is 30.0 Å². The largest absolute Gasteiger partial charge is 0.461 e. The van der Waals surface area contributed by atoms with Gasteiger partial charge < -0.3 is 9.64 Å². The van der Waals surface area contributed by atoms with Gasteiger partial charge in [-0.1, -0.05) is 30.3 Å². The number of amides is 1. The zero-order valence-electron chi connectivity index (χ0n) is 14.6. The first-order valence-corrected chi connectivity index (χ1v) is 8.52. The first kappa shape index (κ1) is 17.2. The minimum atomic E-state index is -0.432. The van der Waals surface area contributed by atoms with E-state index in [9.17, 15) is 9.59 Å². The van der Waals surface area contributed by atoms with Crippen molar-refractivity contribution < 1.29 is 14.3 Å². The van der Waals surface area contributed by atoms with Crippen molar-refractivity contribution in [2.75, 3.05) is 19.7 Å². The summed E-state index contributed by atoms with van der Waals surface area (Å²) in [6, 6.07) is 11.8. The fourth-order valence-corrected chi connectivity index (χ4v) is 3.02. The SMILES string of the molecule is Cc1cc(C(=O)OC[C@H]2CC(=O)N(CCc3ccccc3)C2)nn1C. The molecule has 0 N–H and O–H groups in total. The molecule has 1 amide bonds. The van der Waals surface area contributed by atoms with Gasteiger partial charge in [-0.25, -0.2) is 4.79 Å². The van der Waals surface area contributed by atoms with Crippen LogP contribution >= 0.6 is 0 Å². The van der Waals surface area contributed by atoms with Gasteiger partial charge in [-0.2, -0.15) is 5.10 Å². The van der Waals surface area contributed by atoms with E-state index in [0.29, 0.717) is 25.2 Å². The predicted molar refractivity (Wildman–Crippen MR) is 93.1 cm³/mol. The summed E-state index contributed by atoms with van der Waals surface area (Å²) in [6.45, 7) is 3.47. The van der Waals surface area contributed by atoms with E-state index in [1.165, 1.54) is 5.56 Å². The molecule has 1 saturated heterocycles. The van der Waals surface area contributed by atoms with Crippen LogP contribution in [0.1, 0.15) is 28.2 Å². The molecule has 2 aromatic rings. The van der Waals surface area contributed by atoms with E-state index in [4.69, 9.17) is 4.74 Å². The summed E-state index contributed by atoms with van der Waals surface area (Å²) in [4.78, 5) is 26.0. The normalized spacial score (nSPS) is 17.1. The van der Waals surface area contributed by atoms with E-state index >= 15 is 0 Å². The number of hydrogen-bond acceptors (Lipinski definition) is 4. The van der Waals surface area contributed by atoms with Crippen LogP contribution in [0.2, 0.25) is 0 Å². The topological polar surface area (TPSA) is 64.4 Å². The molecule has 0 saturated carbocycles. The number of carbonyl (C=O) groups is 2. The minimum Gasteiger partial charge on any atom is -0.461 e. The molecule has 6 heteroatoms. The number of esters is 1. The lowest BCUT2D eigenvalue weighted by atomic mass is 10.1. The van der Waals surface area contributed by atoms with Crippen molar-refractivity contribution >= 4 is 11.9 Å². The van der Waals surface area contributed by atoms with Crippen LogP contribution in [0.5, 0.6) is 0 Å². The van der Waals surface area contributed by atoms with Gasteiger partial charge >= 0.3 is 5.97 Å². The Morgan fingerprint density at radius 2 is 2.08 bits per heavy atom. The van der Waals surface area contributed by atoms with Crippen LogP contribution in [-0.4, -0.2) is 46.3 Å². The van der Waals surface area contributed by atoms with Crippen molar-refractivity contribution in [3.8, 4) is 0 Å². The molecule has 2 heterocycles. The van der Waals surface area contributed by atoms with Gasteiger partial charge in [-0.15, -0.1) is 0 Å². The molecular weight excluding hydrogens is 318 g/mol. The molecule has 3 rings (SSSR count). The second kappa shape index (κ2) is 7.51. The smallest absolute Gasteiger partial charge is 0.358 e. The molecule has 1 aromatic heterocycles. The van der Waals surface area contributed by atoms with Crippen molar-refractivity contribution in [3.05, 3.63) is 53.3 Å². The van der Waals surface area contributed by atoms with Crippen molar-refractivity contribution in [2.45, 2.75) is 19.8 Å². The van der Waals surface area contributed by atoms with Gasteiger partial charge in [0.25, 0.3) is 0 Å². The van der Waals surface area contributed by atoms with E-state index in [2.05, 4.69) is 17.2 Å². The number of carbonyl (C=O) groups excluding carboxylic acids is 2. The number of aromatic nitrogens is 2. The molecule has 1 atom stereocenters. The second-order valence-corrected chi connectivity index (χ2v) is 6.54. The molecule has 0 bridgehead atoms. The summed E-state index contributed by atoms with van der Waals surface area (Å²) in [7, 11) is 1.78. The molecule has 1 aliphatic heterocycles. The first-order valence-electron chi connectivity index (χ1n) is 8.52. The lowest BCUT2D eigenvalue weighted by molar-refractivity contribution is -0.127. The quantitative estimate of drug-likeness (QED) is 0.754. The van der Waals surface area contributed by atoms with Crippen LogP contribution < -0.4 is 0 Å². The zero-order chi connectivity index (χ0) is 17.8. The van der Waals surface area contributed by atoms with Gasteiger partial charge in [0, 0.05) is 38.2 Å². The molecule has 6 nitrogen and oxygen atoms in total. The molecular formula is C19H23N3O3. The molecule has 1 aliphatic rings. The zero-order valence-corrected chi connectivity index (χ0v) is 14.6. The lowest BCUT2D eigenvalue weighted by Crippen LogP contribution is -2.28. The van der Waals surface area contributed by atoms with Crippen molar-refractivity contribution in [1.82, 2.24) is 14.7 Å². The van der Waals surface area contributed by atoms with Crippen molar-refractivity contribution in [2.24, 2.45) is 13.0 Å². The number of rotatable bonds is 6. The van der Waals surface area contributed by atoms with Gasteiger partial charge in [0.05, 0.1) is 6.61 Å². The highest BCUT2D eigenvalue weighted by atomic mass is 16.5. The fourth-order valence-electron chi connectivity index (χ4n) is 3.02. The molecule has 0 unspecified atom stereocenters. The number of nitrogens with zero attached hydrogens (tertiary/aromatic N) is 3. The number of benzene rings is 1. The highest BCUT2D eigenvalue weighted by Gasteiger charge is 2.30. The fraction of sp³-hybridized carbons (Fsp3) is 0.421. The Morgan fingerprint density at radius 1 is 1.32 bits per heavy atom. The first-order chi connectivity index (χ1) is 12.0. The Bertz CT molecular complexity index is 735. The maximum absolute atomic E-state index is 12.1. The van der Waals surface area contributed by atoms with Crippen molar-refractivity contribution in [1.29, 1.82) is 0 Å². The maximum atomic E-state index is 12.1. The highest BCUT2D eigenvalue weighted by Crippen LogP contribution is 2.19. The van der Waals surface area contributed by atoms with Crippen LogP contribution in [0, 0.1) is 12.8 Å². The van der Waals surface area contributed by atoms with Crippen LogP contribution in [-0.2, 0) is 23.0 Å². The third-order valence-corrected chi connectivity index (χ3v) is 4.58. The summed E-state index contributed by atoms with van der Waals surface area (Å²) in [5.41, 5.74) is 2.43. The standard InChI is InChI=1S/C19H23N3O3/c1-14-10-17(20-21(14)2)19(24)25-13-16-11-18(23)22(12-16)9-8-15-6-4-3-5-7-15/h3-7,10,16H,8-9,11-13H2,1-2H3/t16-/m0/s1. The van der Waals surface area contributed by atoms with Crippen LogP contribution in [0.25, 0.3) is 0 Å². The van der Waals surface area contributed by atoms with Gasteiger partial charge in [0.2, 0.25) is 5.91 Å². The average Bonchev–Trinajstić information content (AvgIpc) is 3.14. The van der Waals surface area contributed by atoms with Gasteiger partial charge in [-0.05, 0) is 25.0 Å². The van der Waals surface area contributed by atoms with Gasteiger partial charge in [0.15, 0.2) is 5.69 Å². The van der Waals surface area contributed by atoms with E-state index in [0.717, 1.165) is 12.1 Å². The monoisotopic (exact) mass is 341 g/mol. The van der Waals surface area contributed by atoms with Gasteiger partial charge in [-0.3, -0.25) is 9.48 Å². The third-order valence-electron chi connectivity index (χ3n) is 4.58. The molecule has 132 valence electrons. The summed E-state index contributed by atoms with van der Waals surface area (Å²) in [5.74, 6) is -0.249. The average molecular weight is 341 g/mol. The number of hydrogen-bond donors (Lipinski definition) is 0. The summed E-state index contributed by atoms with van der Waals surface area (Å²) < 4.78 is 6.99. The van der Waals surface area contributed by atoms with Crippen LogP contribution in [0.4, 0.5) is 0 Å². The predicted octanol–water partition coefficient (Wildman–Crippen LogP) is 1.98. The van der Waals surface area contributed by atoms with Gasteiger partial charge in [0.1, 0.15) is 0 Å². The van der Waals surface area contributed by atoms with E-state index in [-0.39, 0.29) is 18.4 Å². The van der Waals surface area contributed by atoms with Crippen molar-refractivity contribution in [3.63, 3.8) is 0 Å². The molecule has 0 spiro atoms. The van der Waals surface area contributed by atoms with Crippen LogP contribution in [0.3, 0.4) is 0 Å². The summed E-state index contributed by atoms with van der Waals surface area (Å²) >= 11 is 0. The molecule has 1 aromatic carbocycles. The Balaban J connectivity index is 1.46. The maximum Gasteiger partial charge on any atom is 0.358 e. The van der Waals surface area contributed by atoms with Crippen LogP contribution in [0.15, 0.2) is 36.4 Å². The number of ether oxygens (including phenoxy) is 1. The Hall–Kier alpha value is -2.63. The minimum absolute atomic E-state index is 0.0528. The number of aryl methyl sites for hydroxylation is 2. The Morgan fingerprint density at radius 3 is 2.76 bits per heavy atom. The third kappa shape index (κ3) is 4.26. The Labute approximate surface area is 147 Å². The molecule has 1 fully saturated rings. The van der Waals surface area contributed by atoms with E-state index in [1.54, 1.807) is 17.8 Å². The van der Waals surface area contributed by atoms with E-state index < -0.39 is 5.97 Å². The number of likely N-dealkylation sites (tertiary alicyclic amines) is 1. The second-order valence-electron chi connectivity index (χ2n) is 6.54. The molecule has 0 aliphatic carbocycles.